The molecular weight excluding hydrogens is 202 g/mol. The molecule has 2 N–H and O–H groups in total. The predicted octanol–water partition coefficient (Wildman–Crippen LogP) is 1.16. The lowest BCUT2D eigenvalue weighted by atomic mass is 9.99. The Kier molecular flexibility index (Phi) is 3.30. The molecular formula is C12H21N3O. The van der Waals surface area contributed by atoms with Crippen LogP contribution in [0.1, 0.15) is 38.2 Å². The molecule has 1 aromatic heterocycles. The van der Waals surface area contributed by atoms with E-state index >= 15 is 0 Å². The van der Waals surface area contributed by atoms with E-state index in [2.05, 4.69) is 10.4 Å². The second-order valence-corrected chi connectivity index (χ2v) is 5.04. The molecule has 0 radical (unpaired) electrons. The van der Waals surface area contributed by atoms with E-state index in [1.807, 2.05) is 20.2 Å². The Bertz CT molecular complexity index is 340. The van der Waals surface area contributed by atoms with Crippen molar-refractivity contribution in [1.82, 2.24) is 15.1 Å². The van der Waals surface area contributed by atoms with Crippen LogP contribution in [0.3, 0.4) is 0 Å². The summed E-state index contributed by atoms with van der Waals surface area (Å²) in [5, 5.41) is 17.9. The molecule has 0 amide bonds. The number of aliphatic hydroxyl groups is 1. The number of nitrogens with one attached hydrogen (secondary N) is 1. The van der Waals surface area contributed by atoms with E-state index in [1.165, 1.54) is 25.7 Å². The van der Waals surface area contributed by atoms with E-state index in [0.717, 1.165) is 5.56 Å². The van der Waals surface area contributed by atoms with Crippen molar-refractivity contribution >= 4 is 0 Å². The van der Waals surface area contributed by atoms with Crippen molar-refractivity contribution in [3.05, 3.63) is 18.0 Å². The molecule has 0 aliphatic heterocycles. The molecule has 0 aromatic carbocycles. The molecule has 2 rings (SSSR count). The third kappa shape index (κ3) is 2.62. The Morgan fingerprint density at radius 1 is 1.56 bits per heavy atom. The van der Waals surface area contributed by atoms with E-state index in [0.29, 0.717) is 12.6 Å². The summed E-state index contributed by atoms with van der Waals surface area (Å²) >= 11 is 0. The second kappa shape index (κ2) is 4.55. The zero-order chi connectivity index (χ0) is 11.6. The van der Waals surface area contributed by atoms with Crippen molar-refractivity contribution < 1.29 is 5.11 Å². The Hall–Kier alpha value is -0.870. The Morgan fingerprint density at radius 2 is 2.25 bits per heavy atom. The van der Waals surface area contributed by atoms with Gasteiger partial charge in [0.15, 0.2) is 0 Å². The monoisotopic (exact) mass is 223 g/mol. The van der Waals surface area contributed by atoms with Gasteiger partial charge in [-0.25, -0.2) is 0 Å². The molecule has 0 spiro atoms. The minimum absolute atomic E-state index is 0.586. The van der Waals surface area contributed by atoms with E-state index in [1.54, 1.807) is 10.9 Å². The topological polar surface area (TPSA) is 50.1 Å². The van der Waals surface area contributed by atoms with Gasteiger partial charge in [0, 0.05) is 31.4 Å². The van der Waals surface area contributed by atoms with Crippen LogP contribution in [0.4, 0.5) is 0 Å². The molecule has 90 valence electrons. The normalized spacial score (nSPS) is 21.2. The average molecular weight is 223 g/mol. The zero-order valence-corrected chi connectivity index (χ0v) is 10.1. The average Bonchev–Trinajstić information content (AvgIpc) is 2.85. The van der Waals surface area contributed by atoms with Crippen LogP contribution in [0.2, 0.25) is 0 Å². The van der Waals surface area contributed by atoms with Gasteiger partial charge in [-0.15, -0.1) is 0 Å². The quantitative estimate of drug-likeness (QED) is 0.805. The highest BCUT2D eigenvalue weighted by Crippen LogP contribution is 2.22. The van der Waals surface area contributed by atoms with Crippen LogP contribution in [0.15, 0.2) is 12.4 Å². The summed E-state index contributed by atoms with van der Waals surface area (Å²) in [7, 11) is 1.87. The number of hydrogen-bond donors (Lipinski definition) is 2. The molecule has 4 heteroatoms. The highest BCUT2D eigenvalue weighted by atomic mass is 16.3. The molecule has 1 aliphatic carbocycles. The number of rotatable bonds is 4. The first-order chi connectivity index (χ1) is 7.58. The largest absolute Gasteiger partial charge is 0.384 e. The van der Waals surface area contributed by atoms with Crippen molar-refractivity contribution in [3.63, 3.8) is 0 Å². The van der Waals surface area contributed by atoms with Crippen molar-refractivity contribution in [2.24, 2.45) is 7.05 Å². The third-order valence-corrected chi connectivity index (χ3v) is 3.42. The van der Waals surface area contributed by atoms with Gasteiger partial charge in [-0.3, -0.25) is 4.68 Å². The van der Waals surface area contributed by atoms with Crippen LogP contribution in [-0.4, -0.2) is 27.5 Å². The molecule has 1 unspecified atom stereocenters. The van der Waals surface area contributed by atoms with Crippen LogP contribution in [0.25, 0.3) is 0 Å². The number of aryl methyl sites for hydroxylation is 1. The van der Waals surface area contributed by atoms with Crippen LogP contribution in [0, 0.1) is 0 Å². The lowest BCUT2D eigenvalue weighted by Crippen LogP contribution is -2.39. The molecule has 1 atom stereocenters. The van der Waals surface area contributed by atoms with Crippen molar-refractivity contribution in [1.29, 1.82) is 0 Å². The summed E-state index contributed by atoms with van der Waals surface area (Å²) in [5.41, 5.74) is 0.0529. The fourth-order valence-electron chi connectivity index (χ4n) is 2.27. The SMILES string of the molecule is Cn1cc(C(C)(O)CNC2CCCC2)cn1. The maximum absolute atomic E-state index is 10.3. The maximum Gasteiger partial charge on any atom is 0.102 e. The molecule has 1 saturated carbocycles. The maximum atomic E-state index is 10.3. The predicted molar refractivity (Wildman–Crippen MR) is 63.0 cm³/mol. The summed E-state index contributed by atoms with van der Waals surface area (Å²) < 4.78 is 1.72. The first-order valence-corrected chi connectivity index (χ1v) is 6.03. The van der Waals surface area contributed by atoms with Gasteiger partial charge >= 0.3 is 0 Å². The van der Waals surface area contributed by atoms with Gasteiger partial charge in [-0.1, -0.05) is 12.8 Å². The number of aromatic nitrogens is 2. The van der Waals surface area contributed by atoms with E-state index in [-0.39, 0.29) is 0 Å². The van der Waals surface area contributed by atoms with E-state index < -0.39 is 5.60 Å². The molecule has 1 aliphatic rings. The van der Waals surface area contributed by atoms with E-state index in [4.69, 9.17) is 0 Å². The molecule has 0 bridgehead atoms. The first-order valence-electron chi connectivity index (χ1n) is 6.03. The van der Waals surface area contributed by atoms with Crippen LogP contribution < -0.4 is 5.32 Å². The fraction of sp³-hybridized carbons (Fsp3) is 0.750. The molecule has 1 aromatic rings. The smallest absolute Gasteiger partial charge is 0.102 e. The molecule has 1 fully saturated rings. The number of hydrogen-bond acceptors (Lipinski definition) is 3. The molecule has 0 saturated heterocycles. The summed E-state index contributed by atoms with van der Waals surface area (Å²) in [6.07, 6.45) is 8.71. The van der Waals surface area contributed by atoms with Gasteiger partial charge in [-0.2, -0.15) is 5.10 Å². The molecule has 4 nitrogen and oxygen atoms in total. The minimum atomic E-state index is -0.823. The van der Waals surface area contributed by atoms with Gasteiger partial charge in [0.1, 0.15) is 5.60 Å². The van der Waals surface area contributed by atoms with Crippen LogP contribution in [0.5, 0.6) is 0 Å². The number of nitrogens with zero attached hydrogens (tertiary/aromatic N) is 2. The second-order valence-electron chi connectivity index (χ2n) is 5.04. The summed E-state index contributed by atoms with van der Waals surface area (Å²) in [6.45, 7) is 2.44. The third-order valence-electron chi connectivity index (χ3n) is 3.42. The van der Waals surface area contributed by atoms with Crippen LogP contribution >= 0.6 is 0 Å². The van der Waals surface area contributed by atoms with Crippen LogP contribution in [-0.2, 0) is 12.6 Å². The van der Waals surface area contributed by atoms with Gasteiger partial charge < -0.3 is 10.4 Å². The summed E-state index contributed by atoms with van der Waals surface area (Å²) in [6, 6.07) is 0.586. The minimum Gasteiger partial charge on any atom is -0.384 e. The molecule has 1 heterocycles. The summed E-state index contributed by atoms with van der Waals surface area (Å²) in [4.78, 5) is 0. The lowest BCUT2D eigenvalue weighted by molar-refractivity contribution is 0.0539. The van der Waals surface area contributed by atoms with Gasteiger partial charge in [-0.05, 0) is 19.8 Å². The van der Waals surface area contributed by atoms with Crippen molar-refractivity contribution in [2.75, 3.05) is 6.54 Å². The Balaban J connectivity index is 1.91. The van der Waals surface area contributed by atoms with Crippen molar-refractivity contribution in [3.8, 4) is 0 Å². The highest BCUT2D eigenvalue weighted by molar-refractivity contribution is 5.14. The van der Waals surface area contributed by atoms with Gasteiger partial charge in [0.25, 0.3) is 0 Å². The van der Waals surface area contributed by atoms with Crippen molar-refractivity contribution in [2.45, 2.75) is 44.2 Å². The molecule has 16 heavy (non-hydrogen) atoms. The summed E-state index contributed by atoms with van der Waals surface area (Å²) in [5.74, 6) is 0. The van der Waals surface area contributed by atoms with Gasteiger partial charge in [0.05, 0.1) is 6.20 Å². The fourth-order valence-corrected chi connectivity index (χ4v) is 2.27. The Labute approximate surface area is 96.7 Å². The van der Waals surface area contributed by atoms with Gasteiger partial charge in [0.2, 0.25) is 0 Å². The standard InChI is InChI=1S/C12H21N3O/c1-12(16,10-7-14-15(2)8-10)9-13-11-5-3-4-6-11/h7-8,11,13,16H,3-6,9H2,1-2H3. The first kappa shape index (κ1) is 11.6. The lowest BCUT2D eigenvalue weighted by Gasteiger charge is -2.24. The Morgan fingerprint density at radius 3 is 2.81 bits per heavy atom. The zero-order valence-electron chi connectivity index (χ0n) is 10.1. The van der Waals surface area contributed by atoms with E-state index in [9.17, 15) is 5.11 Å². The highest BCUT2D eigenvalue weighted by Gasteiger charge is 2.26.